The minimum Gasteiger partial charge on any atom is -0.507 e. The van der Waals surface area contributed by atoms with Gasteiger partial charge in [-0.15, -0.1) is 0 Å². The lowest BCUT2D eigenvalue weighted by Crippen LogP contribution is -2.27. The molecule has 0 bridgehead atoms. The summed E-state index contributed by atoms with van der Waals surface area (Å²) in [6.45, 7) is 3.54. The highest BCUT2D eigenvalue weighted by Crippen LogP contribution is 2.23. The number of aromatic hydroxyl groups is 1. The molecule has 106 valence electrons. The molecule has 0 aliphatic rings. The van der Waals surface area contributed by atoms with Gasteiger partial charge in [0.15, 0.2) is 5.82 Å². The Balaban J connectivity index is 2.15. The van der Waals surface area contributed by atoms with Crippen molar-refractivity contribution in [2.75, 3.05) is 7.11 Å². The molecule has 0 radical (unpaired) electrons. The van der Waals surface area contributed by atoms with E-state index in [4.69, 9.17) is 4.74 Å². The van der Waals surface area contributed by atoms with Gasteiger partial charge in [-0.05, 0) is 32.0 Å². The second-order valence-corrected chi connectivity index (χ2v) is 4.36. The summed E-state index contributed by atoms with van der Waals surface area (Å²) in [5, 5.41) is 19.1. The van der Waals surface area contributed by atoms with E-state index in [1.54, 1.807) is 19.9 Å². The van der Waals surface area contributed by atoms with Gasteiger partial charge in [-0.1, -0.05) is 0 Å². The van der Waals surface area contributed by atoms with Gasteiger partial charge >= 0.3 is 0 Å². The first-order valence-electron chi connectivity index (χ1n) is 6.08. The Hall–Kier alpha value is -2.57. The van der Waals surface area contributed by atoms with E-state index in [9.17, 15) is 9.90 Å². The lowest BCUT2D eigenvalue weighted by molar-refractivity contribution is 0.0935. The van der Waals surface area contributed by atoms with Crippen LogP contribution in [0.15, 0.2) is 18.2 Å². The predicted molar refractivity (Wildman–Crippen MR) is 71.7 cm³/mol. The topological polar surface area (TPSA) is 100 Å². The third kappa shape index (κ3) is 2.87. The van der Waals surface area contributed by atoms with Crippen molar-refractivity contribution in [3.63, 3.8) is 0 Å². The molecule has 0 fully saturated rings. The molecule has 2 aromatic rings. The van der Waals surface area contributed by atoms with Gasteiger partial charge in [0.1, 0.15) is 17.3 Å². The zero-order valence-corrected chi connectivity index (χ0v) is 11.5. The molecule has 0 unspecified atom stereocenters. The van der Waals surface area contributed by atoms with Crippen LogP contribution in [-0.4, -0.2) is 33.3 Å². The highest BCUT2D eigenvalue weighted by atomic mass is 16.5. The zero-order valence-electron chi connectivity index (χ0n) is 11.5. The molecule has 3 N–H and O–H groups in total. The predicted octanol–water partition coefficient (Wildman–Crippen LogP) is 1.32. The van der Waals surface area contributed by atoms with Gasteiger partial charge in [-0.3, -0.25) is 9.89 Å². The zero-order chi connectivity index (χ0) is 14.7. The normalized spacial score (nSPS) is 11.9. The fourth-order valence-corrected chi connectivity index (χ4v) is 1.72. The van der Waals surface area contributed by atoms with Crippen LogP contribution in [0.4, 0.5) is 0 Å². The number of hydrogen-bond donors (Lipinski definition) is 3. The average Bonchev–Trinajstić information content (AvgIpc) is 2.86. The van der Waals surface area contributed by atoms with Crippen LogP contribution in [0.5, 0.6) is 11.5 Å². The number of aromatic nitrogens is 3. The highest BCUT2D eigenvalue weighted by Gasteiger charge is 2.18. The molecule has 0 saturated carbocycles. The van der Waals surface area contributed by atoms with Gasteiger partial charge in [0, 0.05) is 0 Å². The van der Waals surface area contributed by atoms with Crippen molar-refractivity contribution in [3.8, 4) is 11.5 Å². The number of amides is 1. The number of ether oxygens (including phenoxy) is 1. The van der Waals surface area contributed by atoms with Gasteiger partial charge in [-0.2, -0.15) is 5.10 Å². The molecule has 2 rings (SSSR count). The molecule has 0 saturated heterocycles. The first kappa shape index (κ1) is 13.9. The van der Waals surface area contributed by atoms with Crippen molar-refractivity contribution < 1.29 is 14.6 Å². The number of benzene rings is 1. The van der Waals surface area contributed by atoms with Gasteiger partial charge in [-0.25, -0.2) is 4.98 Å². The number of nitrogens with one attached hydrogen (secondary N) is 2. The van der Waals surface area contributed by atoms with Gasteiger partial charge in [0.2, 0.25) is 0 Å². The maximum atomic E-state index is 12.1. The SMILES string of the molecule is COc1ccc(O)c(C(=O)N[C@H](C)c2n[nH]c(C)n2)c1. The molecule has 0 spiro atoms. The number of phenolic OH excluding ortho intramolecular Hbond substituents is 1. The second kappa shape index (κ2) is 5.60. The number of rotatable bonds is 4. The van der Waals surface area contributed by atoms with E-state index in [1.807, 2.05) is 0 Å². The maximum absolute atomic E-state index is 12.1. The molecule has 7 heteroatoms. The number of H-pyrrole nitrogens is 1. The van der Waals surface area contributed by atoms with E-state index >= 15 is 0 Å². The van der Waals surface area contributed by atoms with Gasteiger partial charge in [0.05, 0.1) is 18.7 Å². The van der Waals surface area contributed by atoms with E-state index in [0.29, 0.717) is 17.4 Å². The number of carbonyl (C=O) groups is 1. The third-order valence-corrected chi connectivity index (χ3v) is 2.80. The molecule has 1 heterocycles. The summed E-state index contributed by atoms with van der Waals surface area (Å²) in [6, 6.07) is 4.09. The Morgan fingerprint density at radius 3 is 2.85 bits per heavy atom. The van der Waals surface area contributed by atoms with Crippen molar-refractivity contribution in [1.29, 1.82) is 0 Å². The van der Waals surface area contributed by atoms with Crippen molar-refractivity contribution in [2.24, 2.45) is 0 Å². The van der Waals surface area contributed by atoms with Crippen molar-refractivity contribution in [3.05, 3.63) is 35.4 Å². The Morgan fingerprint density at radius 1 is 1.50 bits per heavy atom. The Morgan fingerprint density at radius 2 is 2.25 bits per heavy atom. The van der Waals surface area contributed by atoms with Crippen molar-refractivity contribution >= 4 is 5.91 Å². The molecule has 0 aliphatic heterocycles. The van der Waals surface area contributed by atoms with Crippen LogP contribution >= 0.6 is 0 Å². The largest absolute Gasteiger partial charge is 0.507 e. The van der Waals surface area contributed by atoms with E-state index in [-0.39, 0.29) is 17.4 Å². The number of phenols is 1. The summed E-state index contributed by atoms with van der Waals surface area (Å²) in [5.74, 6) is 1.12. The number of methoxy groups -OCH3 is 1. The molecule has 1 atom stereocenters. The van der Waals surface area contributed by atoms with Crippen LogP contribution in [0.1, 0.15) is 35.0 Å². The lowest BCUT2D eigenvalue weighted by atomic mass is 10.1. The van der Waals surface area contributed by atoms with Crippen molar-refractivity contribution in [2.45, 2.75) is 19.9 Å². The first-order chi connectivity index (χ1) is 9.51. The molecule has 1 amide bonds. The number of aromatic amines is 1. The fourth-order valence-electron chi connectivity index (χ4n) is 1.72. The van der Waals surface area contributed by atoms with Crippen LogP contribution in [0, 0.1) is 6.92 Å². The summed E-state index contributed by atoms with van der Waals surface area (Å²) < 4.78 is 5.03. The van der Waals surface area contributed by atoms with E-state index in [2.05, 4.69) is 20.5 Å². The second-order valence-electron chi connectivity index (χ2n) is 4.36. The minimum atomic E-state index is -0.420. The van der Waals surface area contributed by atoms with Crippen LogP contribution in [0.25, 0.3) is 0 Å². The summed E-state index contributed by atoms with van der Waals surface area (Å²) in [5.41, 5.74) is 0.142. The minimum absolute atomic E-state index is 0.110. The number of nitrogens with zero attached hydrogens (tertiary/aromatic N) is 2. The lowest BCUT2D eigenvalue weighted by Gasteiger charge is -2.12. The molecule has 1 aromatic carbocycles. The molecule has 1 aromatic heterocycles. The monoisotopic (exact) mass is 276 g/mol. The van der Waals surface area contributed by atoms with Crippen LogP contribution < -0.4 is 10.1 Å². The Kier molecular flexibility index (Phi) is 3.88. The third-order valence-electron chi connectivity index (χ3n) is 2.80. The molecule has 0 aliphatic carbocycles. The molecular formula is C13H16N4O3. The summed E-state index contributed by atoms with van der Waals surface area (Å²) in [7, 11) is 1.49. The summed E-state index contributed by atoms with van der Waals surface area (Å²) in [4.78, 5) is 16.3. The quantitative estimate of drug-likeness (QED) is 0.782. The molecule has 7 nitrogen and oxygen atoms in total. The van der Waals surface area contributed by atoms with E-state index in [1.165, 1.54) is 19.2 Å². The molecular weight excluding hydrogens is 260 g/mol. The first-order valence-corrected chi connectivity index (χ1v) is 6.08. The van der Waals surface area contributed by atoms with Crippen LogP contribution in [0.2, 0.25) is 0 Å². The summed E-state index contributed by atoms with van der Waals surface area (Å²) >= 11 is 0. The number of hydrogen-bond acceptors (Lipinski definition) is 5. The van der Waals surface area contributed by atoms with E-state index in [0.717, 1.165) is 0 Å². The fraction of sp³-hybridized carbons (Fsp3) is 0.308. The Bertz CT molecular complexity index is 624. The maximum Gasteiger partial charge on any atom is 0.255 e. The van der Waals surface area contributed by atoms with Crippen LogP contribution in [-0.2, 0) is 0 Å². The number of carbonyl (C=O) groups excluding carboxylic acids is 1. The Labute approximate surface area is 116 Å². The van der Waals surface area contributed by atoms with Gasteiger partial charge in [0.25, 0.3) is 5.91 Å². The number of aryl methyl sites for hydroxylation is 1. The average molecular weight is 276 g/mol. The smallest absolute Gasteiger partial charge is 0.255 e. The summed E-state index contributed by atoms with van der Waals surface area (Å²) in [6.07, 6.45) is 0. The van der Waals surface area contributed by atoms with Gasteiger partial charge < -0.3 is 15.2 Å². The highest BCUT2D eigenvalue weighted by molar-refractivity contribution is 5.97. The van der Waals surface area contributed by atoms with Crippen LogP contribution in [0.3, 0.4) is 0 Å². The molecule has 20 heavy (non-hydrogen) atoms. The van der Waals surface area contributed by atoms with Crippen molar-refractivity contribution in [1.82, 2.24) is 20.5 Å². The van der Waals surface area contributed by atoms with E-state index < -0.39 is 5.91 Å². The standard InChI is InChI=1S/C13H16N4O3/c1-7(12-15-8(2)16-17-12)14-13(19)10-6-9(20-3)4-5-11(10)18/h4-7,18H,1-3H3,(H,14,19)(H,15,16,17)/t7-/m1/s1.